The van der Waals surface area contributed by atoms with E-state index in [-0.39, 0.29) is 43.4 Å². The Morgan fingerprint density at radius 1 is 0.741 bits per heavy atom. The summed E-state index contributed by atoms with van der Waals surface area (Å²) in [5.74, 6) is -12.1. The molecular formula is C61H103N3O21. The molecule has 0 aromatic rings. The fourth-order valence-electron chi connectivity index (χ4n) is 10.6. The van der Waals surface area contributed by atoms with Gasteiger partial charge in [-0.2, -0.15) is 0 Å². The smallest absolute Gasteiger partial charge is 0.317 e. The molecule has 0 aromatic carbocycles. The number of aliphatic imine (C=N–C) groups is 1. The van der Waals surface area contributed by atoms with Crippen molar-refractivity contribution in [3.05, 3.63) is 48.6 Å². The molecule has 2 aliphatic heterocycles. The summed E-state index contributed by atoms with van der Waals surface area (Å²) in [6.45, 7) is 13.1. The predicted octanol–water partition coefficient (Wildman–Crippen LogP) is 3.08. The Balaban J connectivity index is 2.49. The molecule has 1 fully saturated rings. The van der Waals surface area contributed by atoms with Crippen molar-refractivity contribution >= 4 is 35.8 Å². The first-order valence-electron chi connectivity index (χ1n) is 30.1. The van der Waals surface area contributed by atoms with Gasteiger partial charge in [-0.3, -0.25) is 29.0 Å². The molecule has 85 heavy (non-hydrogen) atoms. The first-order chi connectivity index (χ1) is 39.8. The SMILES string of the molecule is CN=C(N)NCCC/C=C/CCCC(C)CC(C)C1OC(=O)C(C)C(O)C=CC(C)C(O)CC(O)C(C)C(O)CCC(C)C(O)CC2(O)OC(CC(OC(=O)CC(=O)O)CC(O)CC(O)CC(O)C=CC=CC1C)CC(OC(=O)CC(=O)O)C2O. The Kier molecular flexibility index (Phi) is 35.1. The van der Waals surface area contributed by atoms with Crippen LogP contribution in [0.5, 0.6) is 0 Å². The maximum atomic E-state index is 13.8. The number of fused-ring (bicyclic) bond motifs is 2. The molecule has 488 valence electrons. The zero-order valence-electron chi connectivity index (χ0n) is 51.0. The summed E-state index contributed by atoms with van der Waals surface area (Å²) in [7, 11) is 1.62. The number of aliphatic carboxylic acids is 2. The number of aliphatic hydroxyl groups is 10. The first-order valence-corrected chi connectivity index (χ1v) is 30.1. The number of hydrogen-bond acceptors (Lipinski definition) is 20. The van der Waals surface area contributed by atoms with Gasteiger partial charge in [-0.1, -0.05) is 96.6 Å². The summed E-state index contributed by atoms with van der Waals surface area (Å²) in [5, 5.41) is 134. The standard InChI is InChI=1S/C61H103N3O21/c1-35(17-13-11-9-10-12-16-24-64-60(62)63-8)25-39(5)57-38(4)18-14-15-19-42(65)26-43(66)27-44(67)28-45(82-55(77)32-53(73)74)29-46-30-52(83-56(78)33-54(75)76)58(79)61(81,85-46)34-51(72)37(3)21-22-47(68)40(6)50(71)31-49(70)36(2)20-23-48(69)41(7)59(80)84-57/h9-10,14-15,18-20,23,35-52,57-58,65-72,79,81H,11-13,16-17,21-22,24-34H2,1-8H3,(H,73,74)(H,75,76)(H3,62,63,64)/b10-9+,18-14?,19-15?,23-20?. The molecular weight excluding hydrogens is 1110 g/mol. The van der Waals surface area contributed by atoms with Crippen LogP contribution in [0, 0.1) is 41.4 Å². The molecule has 2 bridgehead atoms. The Morgan fingerprint density at radius 3 is 1.99 bits per heavy atom. The summed E-state index contributed by atoms with van der Waals surface area (Å²) in [5.41, 5.74) is 5.68. The number of carboxylic acids is 2. The molecule has 2 heterocycles. The van der Waals surface area contributed by atoms with Crippen LogP contribution in [0.1, 0.15) is 158 Å². The average Bonchev–Trinajstić information content (AvgIpc) is 3.59. The average molecular weight is 1210 g/mol. The van der Waals surface area contributed by atoms with Gasteiger partial charge in [0.05, 0.1) is 60.9 Å². The number of carboxylic acid groups (broad SMARTS) is 2. The maximum Gasteiger partial charge on any atom is 0.317 e. The highest BCUT2D eigenvalue weighted by atomic mass is 16.7. The van der Waals surface area contributed by atoms with Crippen molar-refractivity contribution < 1.29 is 104 Å². The number of hydrogen-bond donors (Lipinski definition) is 14. The number of esters is 3. The normalized spacial score (nSPS) is 35.2. The van der Waals surface area contributed by atoms with Crippen molar-refractivity contribution in [1.82, 2.24) is 5.32 Å². The van der Waals surface area contributed by atoms with Crippen molar-refractivity contribution in [3.8, 4) is 0 Å². The van der Waals surface area contributed by atoms with Gasteiger partial charge in [0.25, 0.3) is 0 Å². The van der Waals surface area contributed by atoms with Crippen LogP contribution in [-0.4, -0.2) is 196 Å². The van der Waals surface area contributed by atoms with Crippen molar-refractivity contribution in [2.24, 2.45) is 52.2 Å². The molecule has 0 aromatic heterocycles. The predicted molar refractivity (Wildman–Crippen MR) is 314 cm³/mol. The third-order valence-corrected chi connectivity index (χ3v) is 16.1. The Bertz CT molecular complexity index is 2160. The van der Waals surface area contributed by atoms with Crippen LogP contribution in [0.15, 0.2) is 53.6 Å². The lowest BCUT2D eigenvalue weighted by molar-refractivity contribution is -0.334. The van der Waals surface area contributed by atoms with Crippen molar-refractivity contribution in [3.63, 3.8) is 0 Å². The van der Waals surface area contributed by atoms with E-state index in [1.165, 1.54) is 25.2 Å². The van der Waals surface area contributed by atoms with Crippen LogP contribution >= 0.6 is 0 Å². The second kappa shape index (κ2) is 39.1. The van der Waals surface area contributed by atoms with E-state index in [1.807, 2.05) is 13.8 Å². The Labute approximate surface area is 500 Å². The van der Waals surface area contributed by atoms with Gasteiger partial charge in [0, 0.05) is 69.9 Å². The molecule has 0 saturated carbocycles. The quantitative estimate of drug-likeness (QED) is 0.0189. The highest BCUT2D eigenvalue weighted by Crippen LogP contribution is 2.38. The van der Waals surface area contributed by atoms with Crippen molar-refractivity contribution in [1.29, 1.82) is 0 Å². The third kappa shape index (κ3) is 29.6. The largest absolute Gasteiger partial charge is 0.481 e. The van der Waals surface area contributed by atoms with Crippen LogP contribution in [0.2, 0.25) is 0 Å². The molecule has 15 N–H and O–H groups in total. The number of guanidine groups is 1. The lowest BCUT2D eigenvalue weighted by Crippen LogP contribution is -2.60. The highest BCUT2D eigenvalue weighted by molar-refractivity contribution is 5.90. The number of nitrogens with one attached hydrogen (secondary N) is 1. The van der Waals surface area contributed by atoms with E-state index in [2.05, 4.69) is 29.4 Å². The second-order valence-electron chi connectivity index (χ2n) is 23.9. The van der Waals surface area contributed by atoms with E-state index in [1.54, 1.807) is 46.0 Å². The molecule has 0 aliphatic carbocycles. The first kappa shape index (κ1) is 76.2. The molecule has 0 amide bonds. The van der Waals surface area contributed by atoms with E-state index in [9.17, 15) is 85.3 Å². The van der Waals surface area contributed by atoms with Gasteiger partial charge in [-0.25, -0.2) is 0 Å². The van der Waals surface area contributed by atoms with E-state index in [4.69, 9.17) is 24.7 Å². The number of rotatable bonds is 17. The topological polar surface area (TPSA) is 415 Å². The number of aliphatic hydroxyl groups excluding tert-OH is 9. The van der Waals surface area contributed by atoms with Crippen LogP contribution in [-0.2, 0) is 42.9 Å². The molecule has 24 heteroatoms. The van der Waals surface area contributed by atoms with E-state index < -0.39 is 184 Å². The molecule has 21 atom stereocenters. The third-order valence-electron chi connectivity index (χ3n) is 16.1. The number of cyclic esters (lactones) is 1. The number of nitrogens with two attached hydrogens (primary N) is 1. The Hall–Kier alpha value is -4.86. The van der Waals surface area contributed by atoms with Gasteiger partial charge in [-0.15, -0.1) is 0 Å². The molecule has 2 aliphatic rings. The number of nitrogens with zero attached hydrogens (tertiary/aromatic N) is 1. The molecule has 21 unspecified atom stereocenters. The molecule has 2 rings (SSSR count). The van der Waals surface area contributed by atoms with Gasteiger partial charge in [0.1, 0.15) is 37.3 Å². The number of allylic oxidation sites excluding steroid dienone is 4. The van der Waals surface area contributed by atoms with Crippen LogP contribution in [0.25, 0.3) is 0 Å². The van der Waals surface area contributed by atoms with E-state index in [0.29, 0.717) is 12.4 Å². The summed E-state index contributed by atoms with van der Waals surface area (Å²) in [6.07, 6.45) is -3.85. The minimum atomic E-state index is -2.74. The minimum Gasteiger partial charge on any atom is -0.481 e. The molecule has 24 nitrogen and oxygen atoms in total. The fraction of sp³-hybridized carbons (Fsp3) is 0.770. The van der Waals surface area contributed by atoms with Gasteiger partial charge in [0.15, 0.2) is 11.7 Å². The van der Waals surface area contributed by atoms with Crippen molar-refractivity contribution in [2.75, 3.05) is 13.6 Å². The zero-order chi connectivity index (χ0) is 64.1. The summed E-state index contributed by atoms with van der Waals surface area (Å²) in [4.78, 5) is 65.9. The maximum absolute atomic E-state index is 13.8. The van der Waals surface area contributed by atoms with Gasteiger partial charge in [-0.05, 0) is 76.0 Å². The number of carbonyl (C=O) groups is 5. The second-order valence-corrected chi connectivity index (χ2v) is 23.9. The van der Waals surface area contributed by atoms with Crippen LogP contribution < -0.4 is 11.1 Å². The van der Waals surface area contributed by atoms with Crippen LogP contribution in [0.4, 0.5) is 0 Å². The van der Waals surface area contributed by atoms with Crippen molar-refractivity contribution in [2.45, 2.75) is 243 Å². The minimum absolute atomic E-state index is 0.00374. The summed E-state index contributed by atoms with van der Waals surface area (Å²) < 4.78 is 22.9. The lowest BCUT2D eigenvalue weighted by Gasteiger charge is -2.46. The van der Waals surface area contributed by atoms with Gasteiger partial charge < -0.3 is 91.3 Å². The zero-order valence-corrected chi connectivity index (χ0v) is 51.0. The number of ether oxygens (including phenoxy) is 4. The lowest BCUT2D eigenvalue weighted by atomic mass is 9.83. The molecule has 0 spiro atoms. The van der Waals surface area contributed by atoms with Gasteiger partial charge >= 0.3 is 29.8 Å². The summed E-state index contributed by atoms with van der Waals surface area (Å²) >= 11 is 0. The van der Waals surface area contributed by atoms with E-state index >= 15 is 0 Å². The monoisotopic (exact) mass is 1210 g/mol. The number of unbranched alkanes of at least 4 members (excludes halogenated alkanes) is 2. The summed E-state index contributed by atoms with van der Waals surface area (Å²) in [6, 6.07) is 0. The van der Waals surface area contributed by atoms with Gasteiger partial charge in [0.2, 0.25) is 0 Å². The number of carbonyl (C=O) groups excluding carboxylic acids is 3. The Morgan fingerprint density at radius 2 is 1.35 bits per heavy atom. The van der Waals surface area contributed by atoms with Crippen LogP contribution in [0.3, 0.4) is 0 Å². The highest BCUT2D eigenvalue weighted by Gasteiger charge is 2.52. The molecule has 0 radical (unpaired) electrons. The van der Waals surface area contributed by atoms with E-state index in [0.717, 1.165) is 38.6 Å². The molecule has 1 saturated heterocycles. The fourth-order valence-corrected chi connectivity index (χ4v) is 10.6.